The highest BCUT2D eigenvalue weighted by atomic mass is 16.5. The lowest BCUT2D eigenvalue weighted by molar-refractivity contribution is -0.140. The molecule has 1 aliphatic rings. The van der Waals surface area contributed by atoms with Crippen molar-refractivity contribution in [2.24, 2.45) is 0 Å². The minimum absolute atomic E-state index is 0.00396. The van der Waals surface area contributed by atoms with E-state index in [1.807, 2.05) is 38.1 Å². The molecule has 0 radical (unpaired) electrons. The van der Waals surface area contributed by atoms with E-state index in [1.165, 1.54) is 13.2 Å². The molecule has 0 unspecified atom stereocenters. The summed E-state index contributed by atoms with van der Waals surface area (Å²) >= 11 is 0. The number of carbonyl (C=O) groups excluding carboxylic acids is 2. The molecule has 1 saturated heterocycles. The predicted molar refractivity (Wildman–Crippen MR) is 142 cm³/mol. The van der Waals surface area contributed by atoms with Crippen molar-refractivity contribution in [3.63, 3.8) is 0 Å². The average Bonchev–Trinajstić information content (AvgIpc) is 3.36. The zero-order chi connectivity index (χ0) is 27.9. The van der Waals surface area contributed by atoms with E-state index in [1.54, 1.807) is 6.07 Å². The van der Waals surface area contributed by atoms with Gasteiger partial charge in [-0.05, 0) is 35.1 Å². The molecular weight excluding hydrogens is 504 g/mol. The lowest BCUT2D eigenvalue weighted by Crippen LogP contribution is -2.35. The number of hydrogen-bond donors (Lipinski definition) is 2. The standard InChI is InChI=1S/C29H34N2O8/c1-18(2)21-15-22(24(33)16-23(21)32)28-26(27(30-39-28)29(35)38-12-4-5-25(34)36-3)20-8-6-19(7-9-20)17-31-10-13-37-14-11-31/h6-9,15-16,18,32-33H,4-5,10-14,17H2,1-3H3. The topological polar surface area (TPSA) is 132 Å². The van der Waals surface area contributed by atoms with Gasteiger partial charge in [0.25, 0.3) is 0 Å². The molecular formula is C29H34N2O8. The molecule has 0 saturated carbocycles. The number of benzene rings is 2. The van der Waals surface area contributed by atoms with Crippen molar-refractivity contribution in [1.29, 1.82) is 0 Å². The number of rotatable bonds is 10. The fourth-order valence-corrected chi connectivity index (χ4v) is 4.47. The number of methoxy groups -OCH3 is 1. The maximum atomic E-state index is 13.1. The number of ether oxygens (including phenoxy) is 3. The van der Waals surface area contributed by atoms with Gasteiger partial charge in [-0.2, -0.15) is 0 Å². The molecule has 0 atom stereocenters. The molecule has 2 aromatic carbocycles. The highest BCUT2D eigenvalue weighted by Gasteiger charge is 2.28. The van der Waals surface area contributed by atoms with Crippen molar-refractivity contribution in [1.82, 2.24) is 10.1 Å². The van der Waals surface area contributed by atoms with Crippen LogP contribution in [0.4, 0.5) is 0 Å². The minimum atomic E-state index is -0.718. The Bertz CT molecular complexity index is 1290. The number of aromatic nitrogens is 1. The number of morpholine rings is 1. The molecule has 10 nitrogen and oxygen atoms in total. The van der Waals surface area contributed by atoms with Crippen LogP contribution in [0.3, 0.4) is 0 Å². The van der Waals surface area contributed by atoms with Crippen LogP contribution in [0.2, 0.25) is 0 Å². The summed E-state index contributed by atoms with van der Waals surface area (Å²) in [6.45, 7) is 7.75. The third-order valence-corrected chi connectivity index (χ3v) is 6.64. The highest BCUT2D eigenvalue weighted by Crippen LogP contribution is 2.43. The summed E-state index contributed by atoms with van der Waals surface area (Å²) in [7, 11) is 1.30. The Morgan fingerprint density at radius 1 is 1.08 bits per heavy atom. The van der Waals surface area contributed by atoms with Crippen LogP contribution >= 0.6 is 0 Å². The number of carbonyl (C=O) groups is 2. The summed E-state index contributed by atoms with van der Waals surface area (Å²) in [5.74, 6) is -1.21. The van der Waals surface area contributed by atoms with E-state index >= 15 is 0 Å². The van der Waals surface area contributed by atoms with Crippen molar-refractivity contribution < 1.29 is 38.5 Å². The first-order valence-corrected chi connectivity index (χ1v) is 13.0. The van der Waals surface area contributed by atoms with Gasteiger partial charge in [-0.3, -0.25) is 9.69 Å². The number of esters is 2. The van der Waals surface area contributed by atoms with Gasteiger partial charge in [0.05, 0.1) is 38.1 Å². The summed E-state index contributed by atoms with van der Waals surface area (Å²) < 4.78 is 21.1. The van der Waals surface area contributed by atoms with E-state index in [0.29, 0.717) is 41.9 Å². The van der Waals surface area contributed by atoms with E-state index in [0.717, 1.165) is 25.2 Å². The Morgan fingerprint density at radius 2 is 1.79 bits per heavy atom. The summed E-state index contributed by atoms with van der Waals surface area (Å²) in [5.41, 5.74) is 2.96. The molecule has 208 valence electrons. The van der Waals surface area contributed by atoms with Gasteiger partial charge in [-0.25, -0.2) is 4.79 Å². The Labute approximate surface area is 227 Å². The van der Waals surface area contributed by atoms with E-state index in [4.69, 9.17) is 14.0 Å². The van der Waals surface area contributed by atoms with Crippen LogP contribution < -0.4 is 0 Å². The molecule has 0 bridgehead atoms. The second-order valence-electron chi connectivity index (χ2n) is 9.72. The Kier molecular flexibility index (Phi) is 9.21. The van der Waals surface area contributed by atoms with Gasteiger partial charge in [0.2, 0.25) is 0 Å². The summed E-state index contributed by atoms with van der Waals surface area (Å²) in [5, 5.41) is 25.1. The third kappa shape index (κ3) is 6.76. The number of phenols is 2. The number of phenolic OH excluding ortho intramolecular Hbond substituents is 2. The fraction of sp³-hybridized carbons (Fsp3) is 0.414. The lowest BCUT2D eigenvalue weighted by Gasteiger charge is -2.26. The molecule has 1 aliphatic heterocycles. The molecule has 0 amide bonds. The van der Waals surface area contributed by atoms with Gasteiger partial charge < -0.3 is 28.9 Å². The predicted octanol–water partition coefficient (Wildman–Crippen LogP) is 4.49. The first-order chi connectivity index (χ1) is 18.8. The highest BCUT2D eigenvalue weighted by molar-refractivity contribution is 6.00. The molecule has 3 aromatic rings. The van der Waals surface area contributed by atoms with E-state index in [9.17, 15) is 19.8 Å². The Morgan fingerprint density at radius 3 is 2.46 bits per heavy atom. The van der Waals surface area contributed by atoms with Gasteiger partial charge in [0.1, 0.15) is 11.5 Å². The van der Waals surface area contributed by atoms with Crippen molar-refractivity contribution in [3.05, 3.63) is 53.2 Å². The van der Waals surface area contributed by atoms with Crippen LogP contribution in [0.15, 0.2) is 40.9 Å². The molecule has 2 N–H and O–H groups in total. The van der Waals surface area contributed by atoms with E-state index in [2.05, 4.69) is 14.8 Å². The zero-order valence-corrected chi connectivity index (χ0v) is 22.4. The monoisotopic (exact) mass is 538 g/mol. The first-order valence-electron chi connectivity index (χ1n) is 13.0. The van der Waals surface area contributed by atoms with Gasteiger partial charge in [-0.15, -0.1) is 0 Å². The number of aromatic hydroxyl groups is 2. The summed E-state index contributed by atoms with van der Waals surface area (Å²) in [4.78, 5) is 26.7. The summed E-state index contributed by atoms with van der Waals surface area (Å²) in [6.07, 6.45) is 0.413. The molecule has 1 fully saturated rings. The van der Waals surface area contributed by atoms with Gasteiger partial charge in [-0.1, -0.05) is 43.3 Å². The van der Waals surface area contributed by atoms with Gasteiger partial charge >= 0.3 is 11.9 Å². The maximum absolute atomic E-state index is 13.1. The minimum Gasteiger partial charge on any atom is -0.508 e. The second-order valence-corrected chi connectivity index (χ2v) is 9.72. The molecule has 0 spiro atoms. The Balaban J connectivity index is 1.68. The quantitative estimate of drug-likeness (QED) is 0.281. The first kappa shape index (κ1) is 28.1. The lowest BCUT2D eigenvalue weighted by atomic mass is 9.94. The SMILES string of the molecule is COC(=O)CCCOC(=O)c1noc(-c2cc(C(C)C)c(O)cc2O)c1-c1ccc(CN2CCOCC2)cc1. The number of hydrogen-bond acceptors (Lipinski definition) is 10. The van der Waals surface area contributed by atoms with Crippen LogP contribution in [0.1, 0.15) is 54.2 Å². The van der Waals surface area contributed by atoms with Crippen LogP contribution in [0.25, 0.3) is 22.5 Å². The van der Waals surface area contributed by atoms with Crippen molar-refractivity contribution in [2.45, 2.75) is 39.2 Å². The molecule has 10 heteroatoms. The third-order valence-electron chi connectivity index (χ3n) is 6.64. The zero-order valence-electron chi connectivity index (χ0n) is 22.4. The summed E-state index contributed by atoms with van der Waals surface area (Å²) in [6, 6.07) is 10.6. The number of nitrogens with zero attached hydrogens (tertiary/aromatic N) is 2. The fourth-order valence-electron chi connectivity index (χ4n) is 4.47. The van der Waals surface area contributed by atoms with Crippen LogP contribution in [0.5, 0.6) is 11.5 Å². The Hall–Kier alpha value is -3.89. The smallest absolute Gasteiger partial charge is 0.361 e. The van der Waals surface area contributed by atoms with Crippen molar-refractivity contribution in [2.75, 3.05) is 40.0 Å². The molecule has 0 aliphatic carbocycles. The van der Waals surface area contributed by atoms with E-state index in [-0.39, 0.29) is 41.9 Å². The van der Waals surface area contributed by atoms with Crippen LogP contribution in [-0.2, 0) is 25.5 Å². The molecule has 4 rings (SSSR count). The maximum Gasteiger partial charge on any atom is 0.361 e. The second kappa shape index (κ2) is 12.8. The van der Waals surface area contributed by atoms with Crippen LogP contribution in [0, 0.1) is 0 Å². The average molecular weight is 539 g/mol. The van der Waals surface area contributed by atoms with Crippen molar-refractivity contribution in [3.8, 4) is 33.9 Å². The molecule has 2 heterocycles. The van der Waals surface area contributed by atoms with Crippen molar-refractivity contribution >= 4 is 11.9 Å². The van der Waals surface area contributed by atoms with E-state index < -0.39 is 11.9 Å². The normalized spacial score (nSPS) is 13.9. The van der Waals surface area contributed by atoms with Gasteiger partial charge in [0, 0.05) is 32.1 Å². The van der Waals surface area contributed by atoms with Gasteiger partial charge in [0.15, 0.2) is 11.5 Å². The molecule has 39 heavy (non-hydrogen) atoms. The van der Waals surface area contributed by atoms with Crippen LogP contribution in [-0.4, -0.2) is 72.2 Å². The molecule has 1 aromatic heterocycles. The largest absolute Gasteiger partial charge is 0.508 e.